The van der Waals surface area contributed by atoms with Gasteiger partial charge in [0.25, 0.3) is 0 Å². The van der Waals surface area contributed by atoms with E-state index in [1.54, 1.807) is 7.11 Å². The highest BCUT2D eigenvalue weighted by Crippen LogP contribution is 2.24. The summed E-state index contributed by atoms with van der Waals surface area (Å²) in [7, 11) is 1.70. The Balaban J connectivity index is 1.89. The van der Waals surface area contributed by atoms with Gasteiger partial charge in [-0.3, -0.25) is 4.98 Å². The largest absolute Gasteiger partial charge is 0.497 e. The molecule has 2 aromatic rings. The molecule has 0 amide bonds. The minimum atomic E-state index is 0.802. The molecule has 0 saturated carbocycles. The lowest BCUT2D eigenvalue weighted by Gasteiger charge is -2.24. The number of nitrogens with zero attached hydrogens (tertiary/aromatic N) is 2. The molecule has 0 aliphatic carbocycles. The predicted molar refractivity (Wildman–Crippen MR) is 84.7 cm³/mol. The number of anilines is 1. The van der Waals surface area contributed by atoms with Crippen molar-refractivity contribution in [3.63, 3.8) is 0 Å². The normalized spacial score (nSPS) is 14.5. The first-order chi connectivity index (χ1) is 10.3. The lowest BCUT2D eigenvalue weighted by Crippen LogP contribution is -2.28. The summed E-state index contributed by atoms with van der Waals surface area (Å²) in [6.07, 6.45) is 0. The Morgan fingerprint density at radius 1 is 1.29 bits per heavy atom. The SMILES string of the molecule is COc1cc(C)nc(CN2CCNCc3ccccc32)c1. The highest BCUT2D eigenvalue weighted by molar-refractivity contribution is 5.54. The van der Waals surface area contributed by atoms with Gasteiger partial charge in [-0.15, -0.1) is 0 Å². The average molecular weight is 283 g/mol. The minimum Gasteiger partial charge on any atom is -0.497 e. The molecule has 1 aliphatic rings. The van der Waals surface area contributed by atoms with Crippen molar-refractivity contribution in [1.29, 1.82) is 0 Å². The summed E-state index contributed by atoms with van der Waals surface area (Å²) in [4.78, 5) is 7.02. The molecular weight excluding hydrogens is 262 g/mol. The second-order valence-corrected chi connectivity index (χ2v) is 5.37. The summed E-state index contributed by atoms with van der Waals surface area (Å²) in [6.45, 7) is 5.70. The maximum atomic E-state index is 5.35. The number of hydrogen-bond acceptors (Lipinski definition) is 4. The number of fused-ring (bicyclic) bond motifs is 1. The van der Waals surface area contributed by atoms with Gasteiger partial charge in [0, 0.05) is 43.1 Å². The van der Waals surface area contributed by atoms with Crippen LogP contribution >= 0.6 is 0 Å². The smallest absolute Gasteiger partial charge is 0.122 e. The summed E-state index contributed by atoms with van der Waals surface area (Å²) in [5.41, 5.74) is 4.67. The number of hydrogen-bond donors (Lipinski definition) is 1. The van der Waals surface area contributed by atoms with Crippen LogP contribution in [0.3, 0.4) is 0 Å². The first kappa shape index (κ1) is 13.9. The zero-order valence-corrected chi connectivity index (χ0v) is 12.6. The molecule has 0 bridgehead atoms. The van der Waals surface area contributed by atoms with E-state index in [1.807, 2.05) is 19.1 Å². The Hall–Kier alpha value is -2.07. The van der Waals surface area contributed by atoms with Gasteiger partial charge in [0.1, 0.15) is 5.75 Å². The number of benzene rings is 1. The summed E-state index contributed by atoms with van der Waals surface area (Å²) in [5.74, 6) is 0.874. The predicted octanol–water partition coefficient (Wildman–Crippen LogP) is 2.51. The zero-order chi connectivity index (χ0) is 14.7. The van der Waals surface area contributed by atoms with Crippen molar-refractivity contribution in [1.82, 2.24) is 10.3 Å². The standard InChI is InChI=1S/C17H21N3O/c1-13-9-16(21-2)10-15(19-13)12-20-8-7-18-11-14-5-3-4-6-17(14)20/h3-6,9-10,18H,7-8,11-12H2,1-2H3. The Kier molecular flexibility index (Phi) is 4.06. The third kappa shape index (κ3) is 3.16. The fourth-order valence-electron chi connectivity index (χ4n) is 2.79. The van der Waals surface area contributed by atoms with E-state index < -0.39 is 0 Å². The summed E-state index contributed by atoms with van der Waals surface area (Å²) >= 11 is 0. The molecular formula is C17H21N3O. The lowest BCUT2D eigenvalue weighted by atomic mass is 10.1. The molecule has 0 fully saturated rings. The van der Waals surface area contributed by atoms with Crippen LogP contribution < -0.4 is 15.0 Å². The molecule has 1 aromatic carbocycles. The highest BCUT2D eigenvalue weighted by atomic mass is 16.5. The average Bonchev–Trinajstić information content (AvgIpc) is 2.69. The summed E-state index contributed by atoms with van der Waals surface area (Å²) < 4.78 is 5.35. The van der Waals surface area contributed by atoms with Gasteiger partial charge in [-0.05, 0) is 18.6 Å². The zero-order valence-electron chi connectivity index (χ0n) is 12.6. The van der Waals surface area contributed by atoms with Gasteiger partial charge in [-0.2, -0.15) is 0 Å². The van der Waals surface area contributed by atoms with Gasteiger partial charge < -0.3 is 15.0 Å². The monoisotopic (exact) mass is 283 g/mol. The Bertz CT molecular complexity index is 627. The van der Waals surface area contributed by atoms with E-state index in [-0.39, 0.29) is 0 Å². The van der Waals surface area contributed by atoms with Gasteiger partial charge in [-0.1, -0.05) is 18.2 Å². The van der Waals surface area contributed by atoms with E-state index in [4.69, 9.17) is 4.74 Å². The molecule has 4 heteroatoms. The third-order valence-corrected chi connectivity index (χ3v) is 3.77. The van der Waals surface area contributed by atoms with Crippen LogP contribution in [-0.4, -0.2) is 25.2 Å². The molecule has 110 valence electrons. The number of aryl methyl sites for hydroxylation is 1. The minimum absolute atomic E-state index is 0.802. The Morgan fingerprint density at radius 3 is 3.00 bits per heavy atom. The quantitative estimate of drug-likeness (QED) is 0.939. The third-order valence-electron chi connectivity index (χ3n) is 3.77. The van der Waals surface area contributed by atoms with Crippen molar-refractivity contribution >= 4 is 5.69 Å². The molecule has 0 radical (unpaired) electrons. The van der Waals surface area contributed by atoms with Crippen molar-refractivity contribution in [2.24, 2.45) is 0 Å². The number of ether oxygens (including phenoxy) is 1. The number of methoxy groups -OCH3 is 1. The van der Waals surface area contributed by atoms with Crippen LogP contribution in [-0.2, 0) is 13.1 Å². The summed E-state index contributed by atoms with van der Waals surface area (Å²) in [6, 6.07) is 12.6. The Labute approximate surface area is 125 Å². The molecule has 0 atom stereocenters. The van der Waals surface area contributed by atoms with Crippen molar-refractivity contribution in [3.05, 3.63) is 53.3 Å². The fourth-order valence-corrected chi connectivity index (χ4v) is 2.79. The molecule has 3 rings (SSSR count). The van der Waals surface area contributed by atoms with Crippen LogP contribution in [0.15, 0.2) is 36.4 Å². The molecule has 2 heterocycles. The molecule has 0 saturated heterocycles. The van der Waals surface area contributed by atoms with Crippen molar-refractivity contribution in [2.75, 3.05) is 25.1 Å². The molecule has 0 unspecified atom stereocenters. The topological polar surface area (TPSA) is 37.4 Å². The highest BCUT2D eigenvalue weighted by Gasteiger charge is 2.15. The molecule has 1 N–H and O–H groups in total. The van der Waals surface area contributed by atoms with E-state index in [0.717, 1.165) is 43.3 Å². The van der Waals surface area contributed by atoms with Crippen LogP contribution in [0.5, 0.6) is 5.75 Å². The van der Waals surface area contributed by atoms with Crippen LogP contribution in [0.25, 0.3) is 0 Å². The Morgan fingerprint density at radius 2 is 2.14 bits per heavy atom. The van der Waals surface area contributed by atoms with Gasteiger partial charge in [-0.25, -0.2) is 0 Å². The van der Waals surface area contributed by atoms with Crippen molar-refractivity contribution < 1.29 is 4.74 Å². The molecule has 1 aliphatic heterocycles. The van der Waals surface area contributed by atoms with E-state index in [9.17, 15) is 0 Å². The first-order valence-corrected chi connectivity index (χ1v) is 7.31. The maximum Gasteiger partial charge on any atom is 0.122 e. The number of rotatable bonds is 3. The van der Waals surface area contributed by atoms with Gasteiger partial charge in [0.05, 0.1) is 19.3 Å². The molecule has 4 nitrogen and oxygen atoms in total. The van der Waals surface area contributed by atoms with Gasteiger partial charge >= 0.3 is 0 Å². The number of para-hydroxylation sites is 1. The lowest BCUT2D eigenvalue weighted by molar-refractivity contribution is 0.413. The maximum absolute atomic E-state index is 5.35. The summed E-state index contributed by atoms with van der Waals surface area (Å²) in [5, 5.41) is 3.47. The van der Waals surface area contributed by atoms with Crippen LogP contribution in [0.2, 0.25) is 0 Å². The van der Waals surface area contributed by atoms with E-state index in [1.165, 1.54) is 11.3 Å². The number of nitrogens with one attached hydrogen (secondary N) is 1. The van der Waals surface area contributed by atoms with Crippen LogP contribution in [0.1, 0.15) is 17.0 Å². The number of aromatic nitrogens is 1. The van der Waals surface area contributed by atoms with E-state index >= 15 is 0 Å². The second-order valence-electron chi connectivity index (χ2n) is 5.37. The number of pyridine rings is 1. The molecule has 21 heavy (non-hydrogen) atoms. The van der Waals surface area contributed by atoms with E-state index in [2.05, 4.69) is 39.5 Å². The molecule has 0 spiro atoms. The van der Waals surface area contributed by atoms with Gasteiger partial charge in [0.2, 0.25) is 0 Å². The van der Waals surface area contributed by atoms with Crippen LogP contribution in [0, 0.1) is 6.92 Å². The molecule has 1 aromatic heterocycles. The van der Waals surface area contributed by atoms with Gasteiger partial charge in [0.15, 0.2) is 0 Å². The first-order valence-electron chi connectivity index (χ1n) is 7.31. The fraction of sp³-hybridized carbons (Fsp3) is 0.353. The second kappa shape index (κ2) is 6.14. The van der Waals surface area contributed by atoms with E-state index in [0.29, 0.717) is 0 Å². The van der Waals surface area contributed by atoms with Crippen LogP contribution in [0.4, 0.5) is 5.69 Å². The van der Waals surface area contributed by atoms with Crippen molar-refractivity contribution in [3.8, 4) is 5.75 Å². The van der Waals surface area contributed by atoms with Crippen molar-refractivity contribution in [2.45, 2.75) is 20.0 Å².